The van der Waals surface area contributed by atoms with E-state index in [0.717, 1.165) is 27.8 Å². The standard InChI is InChI=1S/C40H26N2S/c1-40(2)32-14-6-3-11-26(32)29-19-20-30-31-22-24(18-21-36(31)43-39(30)38(29)40)37-25(23-41)10-9-17-35(37)42-33-15-7-4-12-27(33)28-13-5-8-16-34(28)42/h3-22H,1-2H3. The van der Waals surface area contributed by atoms with Gasteiger partial charge in [0.2, 0.25) is 0 Å². The van der Waals surface area contributed by atoms with Gasteiger partial charge in [0.15, 0.2) is 0 Å². The SMILES string of the molecule is CC1(C)c2ccccc2-c2ccc3c(sc4ccc(-c5c(C#N)cccc5-n5c6ccccc6c6ccccc65)cc43)c21. The van der Waals surface area contributed by atoms with Gasteiger partial charge in [-0.1, -0.05) is 98.8 Å². The molecule has 0 amide bonds. The lowest BCUT2D eigenvalue weighted by Gasteiger charge is -2.22. The molecule has 202 valence electrons. The summed E-state index contributed by atoms with van der Waals surface area (Å²) in [5.41, 5.74) is 11.5. The van der Waals surface area contributed by atoms with Crippen molar-refractivity contribution in [2.45, 2.75) is 19.3 Å². The second-order valence-electron chi connectivity index (χ2n) is 12.0. The molecule has 6 aromatic carbocycles. The van der Waals surface area contributed by atoms with Crippen molar-refractivity contribution < 1.29 is 0 Å². The van der Waals surface area contributed by atoms with Gasteiger partial charge in [-0.2, -0.15) is 5.26 Å². The first-order chi connectivity index (χ1) is 21.1. The first-order valence-corrected chi connectivity index (χ1v) is 15.5. The number of para-hydroxylation sites is 2. The van der Waals surface area contributed by atoms with Crippen LogP contribution in [0, 0.1) is 11.3 Å². The van der Waals surface area contributed by atoms with Crippen molar-refractivity contribution in [2.75, 3.05) is 0 Å². The molecule has 2 nitrogen and oxygen atoms in total. The highest BCUT2D eigenvalue weighted by molar-refractivity contribution is 7.26. The second kappa shape index (κ2) is 8.67. The van der Waals surface area contributed by atoms with E-state index in [4.69, 9.17) is 0 Å². The van der Waals surface area contributed by atoms with Crippen LogP contribution in [0.4, 0.5) is 0 Å². The largest absolute Gasteiger partial charge is 0.309 e. The van der Waals surface area contributed by atoms with Crippen molar-refractivity contribution in [3.05, 3.63) is 138 Å². The highest BCUT2D eigenvalue weighted by atomic mass is 32.1. The topological polar surface area (TPSA) is 28.7 Å². The van der Waals surface area contributed by atoms with Crippen LogP contribution < -0.4 is 0 Å². The monoisotopic (exact) mass is 566 g/mol. The average molecular weight is 567 g/mol. The van der Waals surface area contributed by atoms with Crippen LogP contribution in [0.15, 0.2) is 121 Å². The van der Waals surface area contributed by atoms with Gasteiger partial charge < -0.3 is 4.57 Å². The third-order valence-electron chi connectivity index (χ3n) is 9.43. The average Bonchev–Trinajstić information content (AvgIpc) is 3.66. The molecule has 0 unspecified atom stereocenters. The third-order valence-corrected chi connectivity index (χ3v) is 10.6. The minimum absolute atomic E-state index is 0.0632. The molecule has 2 aromatic heterocycles. The minimum Gasteiger partial charge on any atom is -0.309 e. The Bertz CT molecular complexity index is 2450. The quantitative estimate of drug-likeness (QED) is 0.205. The second-order valence-corrected chi connectivity index (χ2v) is 13.1. The number of benzene rings is 6. The van der Waals surface area contributed by atoms with E-state index < -0.39 is 0 Å². The highest BCUT2D eigenvalue weighted by Crippen LogP contribution is 2.54. The number of hydrogen-bond acceptors (Lipinski definition) is 2. The highest BCUT2D eigenvalue weighted by Gasteiger charge is 2.37. The van der Waals surface area contributed by atoms with E-state index in [2.05, 4.69) is 134 Å². The molecule has 0 fully saturated rings. The lowest BCUT2D eigenvalue weighted by Crippen LogP contribution is -2.14. The fraction of sp³-hybridized carbons (Fsp3) is 0.0750. The van der Waals surface area contributed by atoms with E-state index in [9.17, 15) is 5.26 Å². The molecular formula is C40H26N2S. The van der Waals surface area contributed by atoms with Crippen molar-refractivity contribution >= 4 is 53.3 Å². The van der Waals surface area contributed by atoms with Crippen molar-refractivity contribution in [1.82, 2.24) is 4.57 Å². The normalized spacial score (nSPS) is 13.5. The fourth-order valence-corrected chi connectivity index (χ4v) is 8.93. The van der Waals surface area contributed by atoms with Crippen molar-refractivity contribution in [3.8, 4) is 34.0 Å². The van der Waals surface area contributed by atoms with Gasteiger partial charge in [-0.15, -0.1) is 11.3 Å². The van der Waals surface area contributed by atoms with Crippen LogP contribution in [0.3, 0.4) is 0 Å². The first kappa shape index (κ1) is 24.4. The van der Waals surface area contributed by atoms with Crippen molar-refractivity contribution in [2.24, 2.45) is 0 Å². The number of thiophene rings is 1. The molecule has 0 bridgehead atoms. The van der Waals surface area contributed by atoms with Gasteiger partial charge in [0.1, 0.15) is 0 Å². The maximum absolute atomic E-state index is 10.4. The summed E-state index contributed by atoms with van der Waals surface area (Å²) in [6, 6.07) is 45.9. The van der Waals surface area contributed by atoms with Gasteiger partial charge in [0.05, 0.1) is 28.4 Å². The zero-order valence-corrected chi connectivity index (χ0v) is 24.7. The van der Waals surface area contributed by atoms with Gasteiger partial charge >= 0.3 is 0 Å². The molecule has 0 aliphatic heterocycles. The number of rotatable bonds is 2. The zero-order valence-electron chi connectivity index (χ0n) is 23.8. The summed E-state index contributed by atoms with van der Waals surface area (Å²) in [4.78, 5) is 0. The summed E-state index contributed by atoms with van der Waals surface area (Å²) in [6.07, 6.45) is 0. The van der Waals surface area contributed by atoms with Crippen LogP contribution in [0.25, 0.3) is 69.9 Å². The number of fused-ring (bicyclic) bond motifs is 10. The Balaban J connectivity index is 1.32. The summed E-state index contributed by atoms with van der Waals surface area (Å²) >= 11 is 1.89. The summed E-state index contributed by atoms with van der Waals surface area (Å²) < 4.78 is 4.96. The Morgan fingerprint density at radius 3 is 2.14 bits per heavy atom. The van der Waals surface area contributed by atoms with E-state index in [1.54, 1.807) is 0 Å². The van der Waals surface area contributed by atoms with Gasteiger partial charge in [-0.25, -0.2) is 0 Å². The Labute approximate surface area is 253 Å². The molecule has 9 rings (SSSR count). The zero-order chi connectivity index (χ0) is 28.9. The Hall–Kier alpha value is -5.17. The van der Waals surface area contributed by atoms with E-state index in [0.29, 0.717) is 5.56 Å². The first-order valence-electron chi connectivity index (χ1n) is 14.7. The molecule has 2 heterocycles. The van der Waals surface area contributed by atoms with E-state index in [1.165, 1.54) is 53.2 Å². The molecule has 8 aromatic rings. The molecule has 1 aliphatic carbocycles. The molecular weight excluding hydrogens is 541 g/mol. The Kier molecular flexibility index (Phi) is 4.93. The fourth-order valence-electron chi connectivity index (χ4n) is 7.54. The summed E-state index contributed by atoms with van der Waals surface area (Å²) in [6.45, 7) is 4.71. The maximum atomic E-state index is 10.4. The predicted molar refractivity (Wildman–Crippen MR) is 181 cm³/mol. The molecule has 0 radical (unpaired) electrons. The van der Waals surface area contributed by atoms with Crippen LogP contribution in [0.5, 0.6) is 0 Å². The van der Waals surface area contributed by atoms with Crippen LogP contribution >= 0.6 is 11.3 Å². The molecule has 0 saturated heterocycles. The molecule has 1 aliphatic rings. The van der Waals surface area contributed by atoms with Crippen molar-refractivity contribution in [1.29, 1.82) is 5.26 Å². The molecule has 0 N–H and O–H groups in total. The van der Waals surface area contributed by atoms with Crippen molar-refractivity contribution in [3.63, 3.8) is 0 Å². The van der Waals surface area contributed by atoms with Gasteiger partial charge in [0.25, 0.3) is 0 Å². The van der Waals surface area contributed by atoms with Gasteiger partial charge in [0, 0.05) is 41.9 Å². The summed E-state index contributed by atoms with van der Waals surface area (Å²) in [5.74, 6) is 0. The van der Waals surface area contributed by atoms with Crippen LogP contribution in [0.2, 0.25) is 0 Å². The molecule has 43 heavy (non-hydrogen) atoms. The number of aromatic nitrogens is 1. The van der Waals surface area contributed by atoms with E-state index in [-0.39, 0.29) is 5.41 Å². The third kappa shape index (κ3) is 3.22. The molecule has 0 saturated carbocycles. The maximum Gasteiger partial charge on any atom is 0.0998 e. The molecule has 0 atom stereocenters. The summed E-state index contributed by atoms with van der Waals surface area (Å²) in [7, 11) is 0. The number of nitrogens with zero attached hydrogens (tertiary/aromatic N) is 2. The molecule has 3 heteroatoms. The van der Waals surface area contributed by atoms with Crippen LogP contribution in [0.1, 0.15) is 30.5 Å². The van der Waals surface area contributed by atoms with Crippen LogP contribution in [-0.4, -0.2) is 4.57 Å². The van der Waals surface area contributed by atoms with E-state index in [1.807, 2.05) is 23.5 Å². The van der Waals surface area contributed by atoms with Gasteiger partial charge in [-0.3, -0.25) is 0 Å². The summed E-state index contributed by atoms with van der Waals surface area (Å²) in [5, 5.41) is 15.3. The minimum atomic E-state index is -0.0632. The van der Waals surface area contributed by atoms with E-state index >= 15 is 0 Å². The predicted octanol–water partition coefficient (Wildman–Crippen LogP) is 11.0. The number of hydrogen-bond donors (Lipinski definition) is 0. The number of nitriles is 1. The lowest BCUT2D eigenvalue weighted by molar-refractivity contribution is 0.667. The van der Waals surface area contributed by atoms with Gasteiger partial charge in [-0.05, 0) is 64.2 Å². The smallest absolute Gasteiger partial charge is 0.0998 e. The molecule has 0 spiro atoms. The lowest BCUT2D eigenvalue weighted by atomic mass is 9.82. The van der Waals surface area contributed by atoms with Crippen LogP contribution in [-0.2, 0) is 5.41 Å². The Morgan fingerprint density at radius 2 is 1.37 bits per heavy atom. The Morgan fingerprint density at radius 1 is 0.651 bits per heavy atom.